The molecule has 86 heavy (non-hydrogen) atoms. The Balaban J connectivity index is 0.848. The fourth-order valence-corrected chi connectivity index (χ4v) is 19.9. The van der Waals surface area contributed by atoms with Gasteiger partial charge >= 0.3 is 0 Å². The third-order valence-electron chi connectivity index (χ3n) is 21.4. The summed E-state index contributed by atoms with van der Waals surface area (Å²) in [6.07, 6.45) is 40.2. The Bertz CT molecular complexity index is 2900. The molecule has 0 atom stereocenters. The smallest absolute Gasteiger partial charge is 0.196 e. The van der Waals surface area contributed by atoms with E-state index in [0.717, 1.165) is 113 Å². The number of carbonyl (C=O) groups excluding carboxylic acids is 2. The molecule has 0 N–H and O–H groups in total. The summed E-state index contributed by atoms with van der Waals surface area (Å²) in [5.74, 6) is 6.72. The molecule has 6 heteroatoms. The van der Waals surface area contributed by atoms with E-state index in [1.54, 1.807) is 47.0 Å². The second-order valence-electron chi connectivity index (χ2n) is 27.1. The molecule has 5 aliphatic carbocycles. The van der Waals surface area contributed by atoms with Gasteiger partial charge in [0.15, 0.2) is 11.6 Å². The van der Waals surface area contributed by atoms with Crippen LogP contribution >= 0.6 is 47.0 Å². The topological polar surface area (TPSA) is 34.1 Å². The Kier molecular flexibility index (Phi) is 23.4. The Morgan fingerprint density at radius 3 is 0.849 bits per heavy atom. The van der Waals surface area contributed by atoms with Gasteiger partial charge in [-0.1, -0.05) is 213 Å². The molecule has 6 aromatic rings. The molecular formula is C80H100O2S4. The summed E-state index contributed by atoms with van der Waals surface area (Å²) < 4.78 is 0. The van der Waals surface area contributed by atoms with Crippen molar-refractivity contribution >= 4 is 58.6 Å². The van der Waals surface area contributed by atoms with E-state index in [0.29, 0.717) is 34.1 Å². The van der Waals surface area contributed by atoms with Gasteiger partial charge in [0.2, 0.25) is 0 Å². The van der Waals surface area contributed by atoms with Gasteiger partial charge in [0, 0.05) is 61.4 Å². The normalized spacial score (nSPS) is 23.3. The zero-order valence-electron chi connectivity index (χ0n) is 52.8. The van der Waals surface area contributed by atoms with E-state index in [2.05, 4.69) is 149 Å². The van der Waals surface area contributed by atoms with Gasteiger partial charge < -0.3 is 0 Å². The number of fused-ring (bicyclic) bond motifs is 2. The first-order chi connectivity index (χ1) is 42.2. The van der Waals surface area contributed by atoms with Gasteiger partial charge in [-0.25, -0.2) is 0 Å². The molecule has 0 bridgehead atoms. The van der Waals surface area contributed by atoms with Gasteiger partial charge in [-0.3, -0.25) is 9.59 Å². The summed E-state index contributed by atoms with van der Waals surface area (Å²) in [5.41, 5.74) is 7.73. The predicted octanol–water partition coefficient (Wildman–Crippen LogP) is 25.1. The van der Waals surface area contributed by atoms with Crippen LogP contribution in [0.3, 0.4) is 0 Å². The van der Waals surface area contributed by atoms with Gasteiger partial charge in [-0.05, 0) is 245 Å². The molecule has 456 valence electrons. The molecule has 2 nitrogen and oxygen atoms in total. The van der Waals surface area contributed by atoms with E-state index in [1.165, 1.54) is 176 Å². The molecule has 0 saturated heterocycles. The zero-order valence-corrected chi connectivity index (χ0v) is 56.1. The number of unbranched alkanes of at least 4 members (excludes halogenated alkanes) is 6. The number of hydrogen-bond donors (Lipinski definition) is 0. The first kappa shape index (κ1) is 63.6. The Morgan fingerprint density at radius 2 is 0.570 bits per heavy atom. The van der Waals surface area contributed by atoms with E-state index in [4.69, 9.17) is 0 Å². The van der Waals surface area contributed by atoms with Crippen LogP contribution < -0.4 is 0 Å². The lowest BCUT2D eigenvalue weighted by atomic mass is 9.68. The van der Waals surface area contributed by atoms with Crippen LogP contribution in [0.2, 0.25) is 0 Å². The molecule has 6 aromatic carbocycles. The maximum atomic E-state index is 16.1. The minimum absolute atomic E-state index is 0.0525. The highest BCUT2D eigenvalue weighted by Crippen LogP contribution is 2.51. The minimum Gasteiger partial charge on any atom is -0.288 e. The Labute approximate surface area is 537 Å². The minimum atomic E-state index is -0.0525. The number of carbonyl (C=O) groups is 2. The summed E-state index contributed by atoms with van der Waals surface area (Å²) in [7, 11) is 0. The summed E-state index contributed by atoms with van der Waals surface area (Å²) in [5, 5.41) is 0. The lowest BCUT2D eigenvalue weighted by Crippen LogP contribution is -2.25. The monoisotopic (exact) mass is 1220 g/mol. The number of rotatable bonds is 26. The molecule has 0 spiro atoms. The Hall–Kier alpha value is -3.94. The van der Waals surface area contributed by atoms with Gasteiger partial charge in [0.05, 0.1) is 0 Å². The van der Waals surface area contributed by atoms with Crippen LogP contribution in [0, 0.1) is 35.5 Å². The van der Waals surface area contributed by atoms with E-state index >= 15 is 9.59 Å². The fraction of sp³-hybridized carbons (Fsp3) is 0.525. The molecule has 0 radical (unpaired) electrons. The third kappa shape index (κ3) is 16.1. The van der Waals surface area contributed by atoms with Crippen molar-refractivity contribution in [2.75, 3.05) is 0 Å². The van der Waals surface area contributed by atoms with E-state index in [9.17, 15) is 0 Å². The van der Waals surface area contributed by atoms with Crippen molar-refractivity contribution < 1.29 is 9.59 Å². The molecule has 0 unspecified atom stereocenters. The highest BCUT2D eigenvalue weighted by atomic mass is 32.2. The first-order valence-electron chi connectivity index (χ1n) is 34.8. The predicted molar refractivity (Wildman–Crippen MR) is 368 cm³/mol. The molecule has 0 aliphatic heterocycles. The quantitative estimate of drug-likeness (QED) is 0.0503. The second-order valence-corrected chi connectivity index (χ2v) is 31.6. The number of ketones is 2. The maximum Gasteiger partial charge on any atom is 0.196 e. The lowest BCUT2D eigenvalue weighted by Gasteiger charge is -2.38. The van der Waals surface area contributed by atoms with Crippen LogP contribution in [0.25, 0.3) is 0 Å². The van der Waals surface area contributed by atoms with Gasteiger partial charge in [0.1, 0.15) is 0 Å². The van der Waals surface area contributed by atoms with Crippen molar-refractivity contribution in [1.29, 1.82) is 0 Å². The highest BCUT2D eigenvalue weighted by Gasteiger charge is 2.39. The van der Waals surface area contributed by atoms with Crippen molar-refractivity contribution in [3.8, 4) is 0 Å². The molecule has 4 saturated carbocycles. The van der Waals surface area contributed by atoms with E-state index in [-0.39, 0.29) is 11.6 Å². The first-order valence-corrected chi connectivity index (χ1v) is 38.0. The average molecular weight is 1220 g/mol. The molecule has 0 heterocycles. The molecule has 0 aromatic heterocycles. The average Bonchev–Trinajstić information content (AvgIpc) is 1.20. The van der Waals surface area contributed by atoms with Crippen LogP contribution in [-0.2, 0) is 12.8 Å². The maximum absolute atomic E-state index is 16.1. The van der Waals surface area contributed by atoms with Crippen molar-refractivity contribution in [2.24, 2.45) is 35.5 Å². The largest absolute Gasteiger partial charge is 0.288 e. The summed E-state index contributed by atoms with van der Waals surface area (Å²) in [4.78, 5) is 39.9. The van der Waals surface area contributed by atoms with Crippen LogP contribution in [0.4, 0.5) is 0 Å². The molecule has 5 aliphatic rings. The van der Waals surface area contributed by atoms with Crippen LogP contribution in [0.15, 0.2) is 160 Å². The number of aryl methyl sites for hydroxylation is 2. The summed E-state index contributed by atoms with van der Waals surface area (Å²) in [6.45, 7) is 9.13. The van der Waals surface area contributed by atoms with Crippen molar-refractivity contribution in [3.63, 3.8) is 0 Å². The van der Waals surface area contributed by atoms with Gasteiger partial charge in [-0.2, -0.15) is 0 Å². The summed E-state index contributed by atoms with van der Waals surface area (Å²) in [6, 6.07) is 44.8. The second kappa shape index (κ2) is 31.7. The van der Waals surface area contributed by atoms with Gasteiger partial charge in [0.25, 0.3) is 0 Å². The van der Waals surface area contributed by atoms with Gasteiger partial charge in [-0.15, -0.1) is 0 Å². The number of hydrogen-bond acceptors (Lipinski definition) is 6. The zero-order chi connectivity index (χ0) is 59.2. The standard InChI is InChI=1S/C80H100O2S4/c1-5-9-13-17-57-19-27-59(28-20-57)61-31-35-63(36-32-61)65-39-47-69(48-40-65)85-73-53-51-71(83-67-43-23-55(24-44-67)15-11-7-3)75-77(73)79(81)76-72(84-68-45-25-56(26-46-68)16-12-8-4)52-54-74(78(76)80(75)82)86-70-49-41-66(42-50-70)64-37-33-62(34-38-64)60-29-21-58(22-30-60)18-14-10-6-2/h23-26,39-54,57-64H,5-22,27-38H2,1-4H3. The lowest BCUT2D eigenvalue weighted by molar-refractivity contribution is 0.0970. The molecule has 4 fully saturated rings. The fourth-order valence-electron chi connectivity index (χ4n) is 16.1. The molecule has 11 rings (SSSR count). The van der Waals surface area contributed by atoms with E-state index in [1.807, 2.05) is 0 Å². The number of benzene rings is 6. The summed E-state index contributed by atoms with van der Waals surface area (Å²) >= 11 is 6.51. The van der Waals surface area contributed by atoms with E-state index < -0.39 is 0 Å². The van der Waals surface area contributed by atoms with Crippen molar-refractivity contribution in [2.45, 2.75) is 271 Å². The van der Waals surface area contributed by atoms with Crippen LogP contribution in [0.5, 0.6) is 0 Å². The molecular weight excluding hydrogens is 1120 g/mol. The Morgan fingerprint density at radius 1 is 0.302 bits per heavy atom. The molecule has 0 amide bonds. The van der Waals surface area contributed by atoms with Crippen molar-refractivity contribution in [1.82, 2.24) is 0 Å². The third-order valence-corrected chi connectivity index (χ3v) is 25.6. The van der Waals surface area contributed by atoms with Crippen LogP contribution in [0.1, 0.15) is 273 Å². The highest BCUT2D eigenvalue weighted by molar-refractivity contribution is 8.00. The van der Waals surface area contributed by atoms with Crippen LogP contribution in [-0.4, -0.2) is 11.6 Å². The van der Waals surface area contributed by atoms with Crippen molar-refractivity contribution in [3.05, 3.63) is 166 Å². The SMILES string of the molecule is CCCCCC1CCC(C2CCC(c3ccc(Sc4ccc(Sc5ccc(CCCC)cc5)c5c4C(=O)c4c(Sc6ccc(CCCC)cc6)ccc(Sc6ccc(C7CCC(C8CCC(CCCCC)CC8)CC7)cc6)c4C5=O)cc3)CC2)CC1.